The highest BCUT2D eigenvalue weighted by atomic mass is 32.3. The molecule has 7 nitrogen and oxygen atoms in total. The highest BCUT2D eigenvalue weighted by molar-refractivity contribution is 8.02. The Morgan fingerprint density at radius 2 is 1.00 bits per heavy atom. The molecule has 0 spiro atoms. The monoisotopic (exact) mass is 749 g/mol. The highest BCUT2D eigenvalue weighted by Gasteiger charge is 2.83. The van der Waals surface area contributed by atoms with E-state index in [2.05, 4.69) is 0 Å². The lowest BCUT2D eigenvalue weighted by Crippen LogP contribution is -2.63. The summed E-state index contributed by atoms with van der Waals surface area (Å²) in [5.41, 5.74) is -4.99. The van der Waals surface area contributed by atoms with Crippen molar-refractivity contribution in [2.24, 2.45) is 0 Å². The molecule has 0 aliphatic heterocycles. The first-order chi connectivity index (χ1) is 21.6. The molecule has 1 aromatic carbocycles. The second-order valence-electron chi connectivity index (χ2n) is 12.5. The third-order valence-electron chi connectivity index (χ3n) is 9.31. The normalized spacial score (nSPS) is 21.5. The molecule has 3 saturated carbocycles. The van der Waals surface area contributed by atoms with Gasteiger partial charge in [0.1, 0.15) is 5.75 Å². The van der Waals surface area contributed by atoms with Crippen LogP contribution in [-0.2, 0) is 31.1 Å². The van der Waals surface area contributed by atoms with E-state index in [9.17, 15) is 51.8 Å². The van der Waals surface area contributed by atoms with Gasteiger partial charge >= 0.3 is 32.1 Å². The number of hydrogen-bond acceptors (Lipinski definition) is 6. The van der Waals surface area contributed by atoms with E-state index in [1.807, 2.05) is 0 Å². The van der Waals surface area contributed by atoms with Crippen LogP contribution >= 0.6 is 0 Å². The van der Waals surface area contributed by atoms with Gasteiger partial charge in [-0.3, -0.25) is 0 Å². The van der Waals surface area contributed by atoms with Crippen molar-refractivity contribution in [2.75, 3.05) is 0 Å². The van der Waals surface area contributed by atoms with Gasteiger partial charge in [0.25, 0.3) is 10.0 Å². The summed E-state index contributed by atoms with van der Waals surface area (Å²) in [6.07, 6.45) is 10.7. The average Bonchev–Trinajstić information content (AvgIpc) is 3.01. The van der Waals surface area contributed by atoms with Crippen LogP contribution in [0.5, 0.6) is 5.75 Å². The predicted molar refractivity (Wildman–Crippen MR) is 155 cm³/mol. The van der Waals surface area contributed by atoms with Gasteiger partial charge in [-0.25, -0.2) is 12.6 Å². The standard InChI is InChI=1S/C28H36F9NO6S3/c29-25(30,26(31,32)46(40,41)38-45(39)28(35,36)37)27(33,34)47(42,43)44-24-22(19-12-6-2-7-13-19)16-21(18-10-4-1-5-11-18)17-23(24)20-14-8-3-9-15-20/h16-20,38H,1-15H2. The zero-order valence-electron chi connectivity index (χ0n) is 25.1. The van der Waals surface area contributed by atoms with Crippen molar-refractivity contribution in [2.45, 2.75) is 136 Å². The number of hydrogen-bond donors (Lipinski definition) is 1. The van der Waals surface area contributed by atoms with Crippen molar-refractivity contribution < 1.29 is 64.7 Å². The lowest BCUT2D eigenvalue weighted by atomic mass is 9.75. The van der Waals surface area contributed by atoms with Gasteiger partial charge < -0.3 is 4.18 Å². The second kappa shape index (κ2) is 14.0. The van der Waals surface area contributed by atoms with Crippen LogP contribution in [0.15, 0.2) is 12.1 Å². The fourth-order valence-electron chi connectivity index (χ4n) is 6.76. The Morgan fingerprint density at radius 1 is 0.617 bits per heavy atom. The minimum absolute atomic E-state index is 0.0449. The molecule has 0 amide bonds. The first-order valence-corrected chi connectivity index (χ1v) is 19.4. The molecular formula is C28H36F9NO6S3. The van der Waals surface area contributed by atoms with E-state index in [0.717, 1.165) is 50.5 Å². The van der Waals surface area contributed by atoms with Gasteiger partial charge in [0, 0.05) is 0 Å². The minimum Gasteiger partial charge on any atom is -0.377 e. The first-order valence-electron chi connectivity index (χ1n) is 15.4. The molecule has 47 heavy (non-hydrogen) atoms. The summed E-state index contributed by atoms with van der Waals surface area (Å²) in [4.78, 5) is 0. The molecule has 1 N–H and O–H groups in total. The summed E-state index contributed by atoms with van der Waals surface area (Å²) >= 11 is 0. The summed E-state index contributed by atoms with van der Waals surface area (Å²) in [7, 11) is -19.7. The summed E-state index contributed by atoms with van der Waals surface area (Å²) in [6, 6.07) is 3.21. The van der Waals surface area contributed by atoms with Crippen molar-refractivity contribution in [3.05, 3.63) is 28.8 Å². The zero-order chi connectivity index (χ0) is 35.1. The molecular weight excluding hydrogens is 713 g/mol. The lowest BCUT2D eigenvalue weighted by molar-refractivity contribution is -0.245. The molecule has 3 fully saturated rings. The molecule has 270 valence electrons. The van der Waals surface area contributed by atoms with Crippen molar-refractivity contribution in [1.82, 2.24) is 4.13 Å². The number of halogens is 9. The zero-order valence-corrected chi connectivity index (χ0v) is 27.5. The molecule has 0 heterocycles. The van der Waals surface area contributed by atoms with E-state index >= 15 is 8.78 Å². The number of rotatable bonds is 11. The minimum atomic E-state index is -7.54. The van der Waals surface area contributed by atoms with Crippen molar-refractivity contribution in [3.8, 4) is 5.75 Å². The molecule has 0 bridgehead atoms. The molecule has 19 heteroatoms. The number of benzene rings is 1. The Hall–Kier alpha value is -1.60. The molecule has 3 aliphatic carbocycles. The quantitative estimate of drug-likeness (QED) is 0.180. The summed E-state index contributed by atoms with van der Waals surface area (Å²) in [6.45, 7) is 0. The topological polar surface area (TPSA) is 107 Å². The Bertz CT molecular complexity index is 1480. The van der Waals surface area contributed by atoms with Crippen LogP contribution in [0.2, 0.25) is 0 Å². The third kappa shape index (κ3) is 7.61. The van der Waals surface area contributed by atoms with E-state index in [4.69, 9.17) is 4.18 Å². The van der Waals surface area contributed by atoms with Crippen LogP contribution in [0.1, 0.15) is 131 Å². The van der Waals surface area contributed by atoms with Crippen LogP contribution in [0.4, 0.5) is 39.5 Å². The Labute approximate surface area is 270 Å². The Kier molecular flexibility index (Phi) is 11.3. The van der Waals surface area contributed by atoms with Gasteiger partial charge in [0.05, 0.1) is 0 Å². The number of nitrogens with one attached hydrogen (secondary N) is 1. The molecule has 1 aromatic rings. The van der Waals surface area contributed by atoms with Crippen molar-refractivity contribution in [3.63, 3.8) is 0 Å². The van der Waals surface area contributed by atoms with Crippen molar-refractivity contribution in [1.29, 1.82) is 0 Å². The van der Waals surface area contributed by atoms with Gasteiger partial charge in [-0.2, -0.15) is 47.9 Å². The van der Waals surface area contributed by atoms with Gasteiger partial charge in [0.2, 0.25) is 11.0 Å². The summed E-state index contributed by atoms with van der Waals surface area (Å²) in [5.74, 6) is -8.95. The lowest BCUT2D eigenvalue weighted by Gasteiger charge is -2.34. The molecule has 1 atom stereocenters. The SMILES string of the molecule is O=S(NS(=O)(=O)C(F)(F)C(F)(F)C(F)(F)S(=O)(=O)Oc1c(C2CCCCC2)cc(C2CCCCC2)cc1C1CCCCC1)C(F)(F)F. The fourth-order valence-corrected chi connectivity index (χ4v) is 9.84. The highest BCUT2D eigenvalue weighted by Crippen LogP contribution is 2.53. The maximum absolute atomic E-state index is 15.2. The molecule has 0 saturated heterocycles. The van der Waals surface area contributed by atoms with Gasteiger partial charge in [-0.05, 0) is 73.0 Å². The van der Waals surface area contributed by atoms with Gasteiger partial charge in [-0.1, -0.05) is 69.9 Å². The molecule has 4 rings (SSSR count). The molecule has 0 radical (unpaired) electrons. The largest absolute Gasteiger partial charge is 0.486 e. The Balaban J connectivity index is 1.83. The molecule has 1 unspecified atom stereocenters. The van der Waals surface area contributed by atoms with Crippen molar-refractivity contribution >= 4 is 31.1 Å². The van der Waals surface area contributed by atoms with E-state index in [0.29, 0.717) is 51.4 Å². The number of sulfonamides is 1. The van der Waals surface area contributed by atoms with Crippen LogP contribution in [-0.4, -0.2) is 43.0 Å². The summed E-state index contributed by atoms with van der Waals surface area (Å²) in [5, 5.41) is -14.2. The Morgan fingerprint density at radius 3 is 1.38 bits per heavy atom. The smallest absolute Gasteiger partial charge is 0.377 e. The predicted octanol–water partition coefficient (Wildman–Crippen LogP) is 8.46. The van der Waals surface area contributed by atoms with Gasteiger partial charge in [-0.15, -0.1) is 4.13 Å². The van der Waals surface area contributed by atoms with Gasteiger partial charge in [0.15, 0.2) is 0 Å². The van der Waals surface area contributed by atoms with Crippen LogP contribution in [0, 0.1) is 0 Å². The maximum Gasteiger partial charge on any atom is 0.486 e. The van der Waals surface area contributed by atoms with E-state index in [1.165, 1.54) is 0 Å². The van der Waals surface area contributed by atoms with Crippen LogP contribution in [0.3, 0.4) is 0 Å². The van der Waals surface area contributed by atoms with E-state index < -0.39 is 70.7 Å². The third-order valence-corrected chi connectivity index (χ3v) is 13.4. The average molecular weight is 750 g/mol. The molecule has 0 aromatic heterocycles. The van der Waals surface area contributed by atoms with E-state index in [-0.39, 0.29) is 21.2 Å². The molecule has 3 aliphatic rings. The maximum atomic E-state index is 15.2. The fraction of sp³-hybridized carbons (Fsp3) is 0.786. The summed E-state index contributed by atoms with van der Waals surface area (Å²) < 4.78 is 192. The van der Waals surface area contributed by atoms with Crippen LogP contribution in [0.25, 0.3) is 0 Å². The first kappa shape index (κ1) is 38.2. The van der Waals surface area contributed by atoms with Crippen LogP contribution < -0.4 is 8.31 Å². The number of alkyl halides is 9. The van der Waals surface area contributed by atoms with E-state index in [1.54, 1.807) is 12.1 Å². The second-order valence-corrected chi connectivity index (χ2v) is 17.3.